The third-order valence-electron chi connectivity index (χ3n) is 3.23. The average molecular weight is 277 g/mol. The van der Waals surface area contributed by atoms with Crippen LogP contribution in [0.4, 0.5) is 5.69 Å². The Kier molecular flexibility index (Phi) is 4.65. The second-order valence-corrected chi connectivity index (χ2v) is 6.05. The largest absolute Gasteiger partial charge is 0.463 e. The lowest BCUT2D eigenvalue weighted by atomic mass is 9.98. The van der Waals surface area contributed by atoms with Crippen LogP contribution in [0.1, 0.15) is 38.7 Å². The van der Waals surface area contributed by atoms with Crippen molar-refractivity contribution in [2.45, 2.75) is 38.7 Å². The van der Waals surface area contributed by atoms with Crippen molar-refractivity contribution in [3.8, 4) is 0 Å². The van der Waals surface area contributed by atoms with Crippen LogP contribution in [0.5, 0.6) is 0 Å². The molecule has 0 aromatic heterocycles. The number of carbonyl (C=O) groups excluding carboxylic acids is 1. The number of hydrogen-bond acceptors (Lipinski definition) is 4. The summed E-state index contributed by atoms with van der Waals surface area (Å²) in [5.41, 5.74) is 2.14. The maximum Gasteiger partial charge on any atom is 0.306 e. The normalized spacial score (nSPS) is 17.4. The molecule has 1 unspecified atom stereocenters. The summed E-state index contributed by atoms with van der Waals surface area (Å²) in [6, 6.07) is 8.10. The van der Waals surface area contributed by atoms with Gasteiger partial charge in [0.15, 0.2) is 0 Å². The van der Waals surface area contributed by atoms with E-state index in [1.807, 2.05) is 39.0 Å². The van der Waals surface area contributed by atoms with Crippen LogP contribution in [0.15, 0.2) is 24.3 Å². The van der Waals surface area contributed by atoms with Crippen LogP contribution in [0.25, 0.3) is 0 Å². The number of carbonyl (C=O) groups is 1. The van der Waals surface area contributed by atoms with Crippen LogP contribution in [-0.4, -0.2) is 31.3 Å². The number of benzene rings is 1. The zero-order chi connectivity index (χ0) is 14.6. The number of esters is 1. The summed E-state index contributed by atoms with van der Waals surface area (Å²) < 4.78 is 10.7. The van der Waals surface area contributed by atoms with E-state index < -0.39 is 0 Å². The number of hydrogen-bond donors (Lipinski definition) is 1. The van der Waals surface area contributed by atoms with Gasteiger partial charge in [-0.05, 0) is 32.4 Å². The van der Waals surface area contributed by atoms with Gasteiger partial charge in [0.25, 0.3) is 0 Å². The third-order valence-corrected chi connectivity index (χ3v) is 3.23. The van der Waals surface area contributed by atoms with E-state index in [0.29, 0.717) is 19.6 Å². The molecule has 0 fully saturated rings. The molecule has 1 aliphatic rings. The van der Waals surface area contributed by atoms with E-state index in [2.05, 4.69) is 11.4 Å². The Bertz CT molecular complexity index is 465. The molecule has 0 spiro atoms. The molecular weight excluding hydrogens is 254 g/mol. The fourth-order valence-corrected chi connectivity index (χ4v) is 2.30. The van der Waals surface area contributed by atoms with Crippen molar-refractivity contribution in [2.75, 3.05) is 25.1 Å². The van der Waals surface area contributed by atoms with Crippen LogP contribution in [0, 0.1) is 0 Å². The minimum absolute atomic E-state index is 0.161. The fourth-order valence-electron chi connectivity index (χ4n) is 2.30. The van der Waals surface area contributed by atoms with E-state index in [4.69, 9.17) is 9.47 Å². The minimum Gasteiger partial charge on any atom is -0.463 e. The summed E-state index contributed by atoms with van der Waals surface area (Å²) in [6.07, 6.45) is 0.416. The average Bonchev–Trinajstić information content (AvgIpc) is 2.77. The molecule has 1 aliphatic heterocycles. The minimum atomic E-state index is -0.194. The molecule has 4 heteroatoms. The molecule has 0 saturated carbocycles. The molecule has 0 aliphatic carbocycles. The van der Waals surface area contributed by atoms with Gasteiger partial charge in [-0.25, -0.2) is 0 Å². The zero-order valence-corrected chi connectivity index (χ0v) is 12.4. The van der Waals surface area contributed by atoms with E-state index in [1.54, 1.807) is 0 Å². The Hall–Kier alpha value is -1.55. The molecule has 1 N–H and O–H groups in total. The molecule has 1 atom stereocenters. The molecule has 1 aromatic carbocycles. The van der Waals surface area contributed by atoms with Gasteiger partial charge in [-0.3, -0.25) is 4.79 Å². The standard InChI is InChI=1S/C16H23NO3/c1-16(2,3)20-9-8-19-15(18)10-12-11-17-14-7-5-4-6-13(12)14/h4-7,12,17H,8-11H2,1-3H3. The van der Waals surface area contributed by atoms with Crippen molar-refractivity contribution in [1.29, 1.82) is 0 Å². The quantitative estimate of drug-likeness (QED) is 0.664. The Balaban J connectivity index is 1.73. The van der Waals surface area contributed by atoms with Gasteiger partial charge in [-0.1, -0.05) is 18.2 Å². The Morgan fingerprint density at radius 1 is 1.30 bits per heavy atom. The second kappa shape index (κ2) is 6.27. The molecule has 1 aromatic rings. The molecule has 0 saturated heterocycles. The number of anilines is 1. The number of fused-ring (bicyclic) bond motifs is 1. The first-order valence-electron chi connectivity index (χ1n) is 7.08. The molecule has 0 radical (unpaired) electrons. The van der Waals surface area contributed by atoms with Crippen molar-refractivity contribution in [1.82, 2.24) is 0 Å². The van der Waals surface area contributed by atoms with Crippen molar-refractivity contribution in [3.63, 3.8) is 0 Å². The molecule has 4 nitrogen and oxygen atoms in total. The molecule has 1 heterocycles. The Morgan fingerprint density at radius 3 is 2.80 bits per heavy atom. The molecule has 0 amide bonds. The Labute approximate surface area is 120 Å². The van der Waals surface area contributed by atoms with Gasteiger partial charge in [0.1, 0.15) is 6.61 Å². The highest BCUT2D eigenvalue weighted by Crippen LogP contribution is 2.33. The molecule has 20 heavy (non-hydrogen) atoms. The van der Waals surface area contributed by atoms with E-state index in [9.17, 15) is 4.79 Å². The number of para-hydroxylation sites is 1. The van der Waals surface area contributed by atoms with Crippen molar-refractivity contribution >= 4 is 11.7 Å². The van der Waals surface area contributed by atoms with Crippen molar-refractivity contribution < 1.29 is 14.3 Å². The van der Waals surface area contributed by atoms with E-state index >= 15 is 0 Å². The highest BCUT2D eigenvalue weighted by molar-refractivity contribution is 5.72. The van der Waals surface area contributed by atoms with Crippen LogP contribution in [0.3, 0.4) is 0 Å². The molecule has 0 bridgehead atoms. The lowest BCUT2D eigenvalue weighted by Gasteiger charge is -2.19. The van der Waals surface area contributed by atoms with Crippen LogP contribution in [-0.2, 0) is 14.3 Å². The Morgan fingerprint density at radius 2 is 2.05 bits per heavy atom. The van der Waals surface area contributed by atoms with Crippen LogP contribution < -0.4 is 5.32 Å². The first-order chi connectivity index (χ1) is 9.46. The van der Waals surface area contributed by atoms with Gasteiger partial charge in [0.05, 0.1) is 18.6 Å². The summed E-state index contributed by atoms with van der Waals surface area (Å²) in [6.45, 7) is 7.50. The zero-order valence-electron chi connectivity index (χ0n) is 12.4. The highest BCUT2D eigenvalue weighted by atomic mass is 16.6. The smallest absolute Gasteiger partial charge is 0.306 e. The fraction of sp³-hybridized carbons (Fsp3) is 0.562. The van der Waals surface area contributed by atoms with Gasteiger partial charge in [-0.2, -0.15) is 0 Å². The van der Waals surface area contributed by atoms with Crippen molar-refractivity contribution in [2.24, 2.45) is 0 Å². The summed E-state index contributed by atoms with van der Waals surface area (Å²) in [7, 11) is 0. The van der Waals surface area contributed by atoms with Crippen LogP contribution in [0.2, 0.25) is 0 Å². The maximum absolute atomic E-state index is 11.8. The lowest BCUT2D eigenvalue weighted by Crippen LogP contribution is -2.23. The number of rotatable bonds is 5. The van der Waals surface area contributed by atoms with Gasteiger partial charge >= 0.3 is 5.97 Å². The topological polar surface area (TPSA) is 47.6 Å². The van der Waals surface area contributed by atoms with Gasteiger partial charge in [0, 0.05) is 18.2 Å². The second-order valence-electron chi connectivity index (χ2n) is 6.05. The first kappa shape index (κ1) is 14.9. The highest BCUT2D eigenvalue weighted by Gasteiger charge is 2.24. The van der Waals surface area contributed by atoms with Crippen molar-refractivity contribution in [3.05, 3.63) is 29.8 Å². The number of ether oxygens (including phenoxy) is 2. The summed E-state index contributed by atoms with van der Waals surface area (Å²) in [4.78, 5) is 11.8. The molecular formula is C16H23NO3. The first-order valence-corrected chi connectivity index (χ1v) is 7.08. The van der Waals surface area contributed by atoms with Gasteiger partial charge in [-0.15, -0.1) is 0 Å². The van der Waals surface area contributed by atoms with E-state index in [0.717, 1.165) is 12.2 Å². The summed E-state index contributed by atoms with van der Waals surface area (Å²) >= 11 is 0. The monoisotopic (exact) mass is 277 g/mol. The molecule has 2 rings (SSSR count). The summed E-state index contributed by atoms with van der Waals surface area (Å²) in [5.74, 6) is 0.0493. The van der Waals surface area contributed by atoms with E-state index in [1.165, 1.54) is 5.56 Å². The SMILES string of the molecule is CC(C)(C)OCCOC(=O)CC1CNc2ccccc21. The lowest BCUT2D eigenvalue weighted by molar-refractivity contribution is -0.147. The third kappa shape index (κ3) is 4.23. The number of nitrogens with one attached hydrogen (secondary N) is 1. The summed E-state index contributed by atoms with van der Waals surface area (Å²) in [5, 5.41) is 3.31. The van der Waals surface area contributed by atoms with Gasteiger partial charge < -0.3 is 14.8 Å². The van der Waals surface area contributed by atoms with Crippen LogP contribution >= 0.6 is 0 Å². The van der Waals surface area contributed by atoms with Gasteiger partial charge in [0.2, 0.25) is 0 Å². The molecule has 110 valence electrons. The predicted octanol–water partition coefficient (Wildman–Crippen LogP) is 2.94. The maximum atomic E-state index is 11.8. The predicted molar refractivity (Wildman–Crippen MR) is 79.0 cm³/mol. The van der Waals surface area contributed by atoms with E-state index in [-0.39, 0.29) is 17.5 Å².